The summed E-state index contributed by atoms with van der Waals surface area (Å²) in [6, 6.07) is 12.8. The fourth-order valence-corrected chi connectivity index (χ4v) is 4.26. The number of methoxy groups -OCH3 is 1. The van der Waals surface area contributed by atoms with E-state index in [1.165, 1.54) is 25.3 Å². The van der Waals surface area contributed by atoms with Crippen LogP contribution in [0.3, 0.4) is 0 Å². The molecule has 2 N–H and O–H groups in total. The molecule has 0 aliphatic carbocycles. The summed E-state index contributed by atoms with van der Waals surface area (Å²) in [4.78, 5) is 41.3. The molecule has 2 aromatic rings. The van der Waals surface area contributed by atoms with Crippen LogP contribution in [0.1, 0.15) is 30.9 Å². The summed E-state index contributed by atoms with van der Waals surface area (Å²) in [7, 11) is 1.23. The Morgan fingerprint density at radius 3 is 2.50 bits per heavy atom. The number of nitrogens with zero attached hydrogens (tertiary/aromatic N) is 2. The zero-order valence-electron chi connectivity index (χ0n) is 21.3. The minimum Gasteiger partial charge on any atom is -0.491 e. The van der Waals surface area contributed by atoms with Gasteiger partial charge in [-0.2, -0.15) is 0 Å². The largest absolute Gasteiger partial charge is 0.491 e. The standard InChI is InChI=1S/C27H30N2O9/c1-16-23(26(32)36-3)25(19-5-4-6-20(13-19)29(34)35)24(17(2)28-16)27(33)37-12-11-18-7-9-22(10-8-18)38-15-21(31)14-30/h4-10,13,21,23,25,30-31H,11-12,14-15H2,1-3H3. The molecule has 0 amide bonds. The van der Waals surface area contributed by atoms with Gasteiger partial charge in [0, 0.05) is 35.9 Å². The quantitative estimate of drug-likeness (QED) is 0.255. The Balaban J connectivity index is 1.79. The van der Waals surface area contributed by atoms with Crippen LogP contribution in [-0.4, -0.2) is 65.8 Å². The molecule has 2 aromatic carbocycles. The monoisotopic (exact) mass is 526 g/mol. The number of ether oxygens (including phenoxy) is 3. The van der Waals surface area contributed by atoms with E-state index in [1.54, 1.807) is 44.2 Å². The molecule has 1 aliphatic heterocycles. The van der Waals surface area contributed by atoms with Gasteiger partial charge in [0.15, 0.2) is 0 Å². The molecule has 0 bridgehead atoms. The number of carbonyl (C=O) groups is 2. The highest BCUT2D eigenvalue weighted by molar-refractivity contribution is 6.07. The Morgan fingerprint density at radius 2 is 1.87 bits per heavy atom. The van der Waals surface area contributed by atoms with Gasteiger partial charge in [-0.25, -0.2) is 4.79 Å². The first-order valence-corrected chi connectivity index (χ1v) is 11.9. The van der Waals surface area contributed by atoms with Gasteiger partial charge in [-0.05, 0) is 37.1 Å². The van der Waals surface area contributed by atoms with E-state index in [2.05, 4.69) is 4.99 Å². The van der Waals surface area contributed by atoms with E-state index in [0.717, 1.165) is 5.56 Å². The molecule has 0 fully saturated rings. The van der Waals surface area contributed by atoms with Gasteiger partial charge in [-0.1, -0.05) is 24.3 Å². The smallest absolute Gasteiger partial charge is 0.336 e. The maximum atomic E-state index is 13.3. The molecule has 0 aromatic heterocycles. The number of allylic oxidation sites excluding steroid dienone is 1. The number of nitro groups is 1. The zero-order chi connectivity index (χ0) is 27.8. The number of aliphatic imine (C=N–C) groups is 1. The highest BCUT2D eigenvalue weighted by Gasteiger charge is 2.42. The molecule has 0 spiro atoms. The van der Waals surface area contributed by atoms with E-state index in [9.17, 15) is 24.8 Å². The molecule has 0 radical (unpaired) electrons. The van der Waals surface area contributed by atoms with Crippen LogP contribution in [0.15, 0.2) is 64.8 Å². The third-order valence-corrected chi connectivity index (χ3v) is 6.14. The van der Waals surface area contributed by atoms with E-state index in [4.69, 9.17) is 19.3 Å². The van der Waals surface area contributed by atoms with Gasteiger partial charge in [0.25, 0.3) is 5.69 Å². The summed E-state index contributed by atoms with van der Waals surface area (Å²) in [5.41, 5.74) is 2.01. The zero-order valence-corrected chi connectivity index (χ0v) is 21.3. The summed E-state index contributed by atoms with van der Waals surface area (Å²) in [6.07, 6.45) is -0.577. The molecule has 11 heteroatoms. The number of carbonyl (C=O) groups excluding carboxylic acids is 2. The molecule has 3 atom stereocenters. The van der Waals surface area contributed by atoms with E-state index in [0.29, 0.717) is 29.1 Å². The third kappa shape index (κ3) is 6.81. The van der Waals surface area contributed by atoms with Gasteiger partial charge in [0.2, 0.25) is 0 Å². The fraction of sp³-hybridized carbons (Fsp3) is 0.370. The second kappa shape index (κ2) is 12.9. The predicted octanol–water partition coefficient (Wildman–Crippen LogP) is 2.73. The number of benzene rings is 2. The molecule has 0 saturated heterocycles. The van der Waals surface area contributed by atoms with Crippen molar-refractivity contribution < 1.29 is 38.9 Å². The van der Waals surface area contributed by atoms with Gasteiger partial charge in [0.1, 0.15) is 24.4 Å². The van der Waals surface area contributed by atoms with E-state index in [1.807, 2.05) is 0 Å². The topological polar surface area (TPSA) is 158 Å². The van der Waals surface area contributed by atoms with Crippen molar-refractivity contribution in [1.82, 2.24) is 0 Å². The van der Waals surface area contributed by atoms with Crippen LogP contribution >= 0.6 is 0 Å². The number of non-ortho nitro benzene ring substituents is 1. The first-order chi connectivity index (χ1) is 18.2. The lowest BCUT2D eigenvalue weighted by molar-refractivity contribution is -0.384. The SMILES string of the molecule is COC(=O)C1C(C)=NC(C)=C(C(=O)OCCc2ccc(OCC(O)CO)cc2)C1c1cccc([N+](=O)[O-])c1. The number of nitro benzene ring substituents is 1. The van der Waals surface area contributed by atoms with Gasteiger partial charge < -0.3 is 24.4 Å². The van der Waals surface area contributed by atoms with Crippen LogP contribution in [0.5, 0.6) is 5.75 Å². The van der Waals surface area contributed by atoms with Crippen molar-refractivity contribution >= 4 is 23.3 Å². The van der Waals surface area contributed by atoms with Gasteiger partial charge in [-0.15, -0.1) is 0 Å². The Hall–Kier alpha value is -4.09. The first-order valence-electron chi connectivity index (χ1n) is 11.9. The lowest BCUT2D eigenvalue weighted by atomic mass is 9.75. The summed E-state index contributed by atoms with van der Waals surface area (Å²) in [5, 5.41) is 29.6. The van der Waals surface area contributed by atoms with Crippen LogP contribution in [0, 0.1) is 16.0 Å². The predicted molar refractivity (Wildman–Crippen MR) is 137 cm³/mol. The van der Waals surface area contributed by atoms with Crippen molar-refractivity contribution in [3.8, 4) is 5.75 Å². The fourth-order valence-electron chi connectivity index (χ4n) is 4.26. The Labute approximate surface area is 219 Å². The molecule has 3 rings (SSSR count). The Bertz CT molecular complexity index is 1240. The summed E-state index contributed by atoms with van der Waals surface area (Å²) in [6.45, 7) is 2.88. The van der Waals surface area contributed by atoms with Crippen molar-refractivity contribution in [1.29, 1.82) is 0 Å². The lowest BCUT2D eigenvalue weighted by Gasteiger charge is -2.31. The van der Waals surface area contributed by atoms with Crippen LogP contribution in [0.2, 0.25) is 0 Å². The number of rotatable bonds is 11. The Kier molecular flexibility index (Phi) is 9.69. The van der Waals surface area contributed by atoms with Crippen molar-refractivity contribution in [3.05, 3.63) is 81.0 Å². The number of hydrogen-bond donors (Lipinski definition) is 2. The number of aliphatic hydroxyl groups is 2. The van der Waals surface area contributed by atoms with Gasteiger partial charge >= 0.3 is 11.9 Å². The molecule has 38 heavy (non-hydrogen) atoms. The molecule has 11 nitrogen and oxygen atoms in total. The average Bonchev–Trinajstić information content (AvgIpc) is 2.91. The third-order valence-electron chi connectivity index (χ3n) is 6.14. The molecule has 202 valence electrons. The summed E-state index contributed by atoms with van der Waals surface area (Å²) in [5.74, 6) is -2.61. The van der Waals surface area contributed by atoms with Crippen molar-refractivity contribution in [2.75, 3.05) is 26.9 Å². The second-order valence-electron chi connectivity index (χ2n) is 8.76. The van der Waals surface area contributed by atoms with E-state index >= 15 is 0 Å². The molecular formula is C27H30N2O9. The van der Waals surface area contributed by atoms with Gasteiger partial charge in [0.05, 0.1) is 30.8 Å². The van der Waals surface area contributed by atoms with Crippen molar-refractivity contribution in [2.24, 2.45) is 10.9 Å². The van der Waals surface area contributed by atoms with Crippen molar-refractivity contribution in [3.63, 3.8) is 0 Å². The van der Waals surface area contributed by atoms with E-state index in [-0.39, 0.29) is 24.5 Å². The number of hydrogen-bond acceptors (Lipinski definition) is 10. The van der Waals surface area contributed by atoms with E-state index < -0.39 is 41.4 Å². The highest BCUT2D eigenvalue weighted by Crippen LogP contribution is 2.40. The van der Waals surface area contributed by atoms with Crippen LogP contribution in [0.4, 0.5) is 5.69 Å². The summed E-state index contributed by atoms with van der Waals surface area (Å²) < 4.78 is 15.9. The minimum absolute atomic E-state index is 0.0340. The highest BCUT2D eigenvalue weighted by atomic mass is 16.6. The Morgan fingerprint density at radius 1 is 1.16 bits per heavy atom. The molecule has 3 unspecified atom stereocenters. The number of esters is 2. The van der Waals surface area contributed by atoms with Crippen LogP contribution in [-0.2, 0) is 25.5 Å². The molecular weight excluding hydrogens is 496 g/mol. The first kappa shape index (κ1) is 28.5. The lowest BCUT2D eigenvalue weighted by Crippen LogP contribution is -2.36. The maximum Gasteiger partial charge on any atom is 0.336 e. The summed E-state index contributed by atoms with van der Waals surface area (Å²) >= 11 is 0. The molecule has 1 heterocycles. The minimum atomic E-state index is -0.968. The van der Waals surface area contributed by atoms with Crippen molar-refractivity contribution in [2.45, 2.75) is 32.3 Å². The second-order valence-corrected chi connectivity index (χ2v) is 8.76. The molecule has 1 aliphatic rings. The van der Waals surface area contributed by atoms with Crippen LogP contribution < -0.4 is 4.74 Å². The average molecular weight is 527 g/mol. The van der Waals surface area contributed by atoms with Gasteiger partial charge in [-0.3, -0.25) is 19.9 Å². The molecule has 0 saturated carbocycles. The number of aliphatic hydroxyl groups excluding tert-OH is 2. The van der Waals surface area contributed by atoms with Crippen LogP contribution in [0.25, 0.3) is 0 Å². The normalized spacial score (nSPS) is 17.9. The maximum absolute atomic E-state index is 13.3.